The Kier molecular flexibility index (Phi) is 3.70. The van der Waals surface area contributed by atoms with Crippen LogP contribution in [0.3, 0.4) is 0 Å². The van der Waals surface area contributed by atoms with Gasteiger partial charge in [0.05, 0.1) is 0 Å². The predicted molar refractivity (Wildman–Crippen MR) is 88.2 cm³/mol. The zero-order valence-corrected chi connectivity index (χ0v) is 13.7. The molecule has 6 heteroatoms. The fraction of sp³-hybridized carbons (Fsp3) is 0.500. The minimum atomic E-state index is -2.25. The monoisotopic (exact) mass is 330 g/mol. The lowest BCUT2D eigenvalue weighted by atomic mass is 9.79. The number of aryl methyl sites for hydroxylation is 1. The first kappa shape index (κ1) is 15.4. The number of hydrogen-bond donors (Lipinski definition) is 0. The predicted octanol–water partition coefficient (Wildman–Crippen LogP) is 3.51. The zero-order chi connectivity index (χ0) is 16.7. The van der Waals surface area contributed by atoms with Crippen molar-refractivity contribution >= 4 is 5.82 Å². The van der Waals surface area contributed by atoms with E-state index in [0.717, 1.165) is 36.3 Å². The van der Waals surface area contributed by atoms with Crippen LogP contribution < -0.4 is 4.90 Å². The van der Waals surface area contributed by atoms with Crippen LogP contribution >= 0.6 is 0 Å². The van der Waals surface area contributed by atoms with Crippen LogP contribution in [-0.2, 0) is 12.8 Å². The van der Waals surface area contributed by atoms with E-state index in [-0.39, 0.29) is 11.8 Å². The van der Waals surface area contributed by atoms with Gasteiger partial charge in [0.2, 0.25) is 6.43 Å². The number of nitrogens with zero attached hydrogens (tertiary/aromatic N) is 4. The third-order valence-corrected chi connectivity index (χ3v) is 4.92. The molecule has 0 spiro atoms. The normalized spacial score (nSPS) is 18.6. The summed E-state index contributed by atoms with van der Waals surface area (Å²) in [6, 6.07) is 3.82. The van der Waals surface area contributed by atoms with Gasteiger partial charge in [0.1, 0.15) is 5.82 Å². The summed E-state index contributed by atoms with van der Waals surface area (Å²) >= 11 is 0. The van der Waals surface area contributed by atoms with Crippen LogP contribution in [0.5, 0.6) is 0 Å². The summed E-state index contributed by atoms with van der Waals surface area (Å²) in [5, 5.41) is 0. The van der Waals surface area contributed by atoms with Gasteiger partial charge < -0.3 is 4.90 Å². The van der Waals surface area contributed by atoms with Gasteiger partial charge in [0.15, 0.2) is 5.82 Å². The van der Waals surface area contributed by atoms with Crippen LogP contribution in [0, 0.1) is 5.41 Å². The van der Waals surface area contributed by atoms with Crippen molar-refractivity contribution in [2.24, 2.45) is 5.41 Å². The maximum absolute atomic E-state index is 12.7. The quantitative estimate of drug-likeness (QED) is 0.860. The van der Waals surface area contributed by atoms with Gasteiger partial charge in [-0.1, -0.05) is 6.92 Å². The van der Waals surface area contributed by atoms with Gasteiger partial charge in [-0.05, 0) is 31.4 Å². The second kappa shape index (κ2) is 5.76. The number of anilines is 1. The number of fused-ring (bicyclic) bond motifs is 1. The van der Waals surface area contributed by atoms with E-state index in [2.05, 4.69) is 9.88 Å². The number of hydrogen-bond acceptors (Lipinski definition) is 4. The molecule has 126 valence electrons. The second-order valence-electron chi connectivity index (χ2n) is 7.15. The molecular weight excluding hydrogens is 310 g/mol. The molecule has 0 unspecified atom stereocenters. The Hall–Kier alpha value is -2.11. The van der Waals surface area contributed by atoms with E-state index in [1.807, 2.05) is 19.1 Å². The van der Waals surface area contributed by atoms with Crippen LogP contribution in [0.4, 0.5) is 14.6 Å². The smallest absolute Gasteiger partial charge is 0.239 e. The van der Waals surface area contributed by atoms with E-state index in [9.17, 15) is 8.78 Å². The van der Waals surface area contributed by atoms with Crippen LogP contribution in [-0.4, -0.2) is 34.5 Å². The number of aromatic nitrogens is 3. The van der Waals surface area contributed by atoms with Gasteiger partial charge in [0, 0.05) is 54.1 Å². The van der Waals surface area contributed by atoms with E-state index in [1.165, 1.54) is 5.56 Å². The van der Waals surface area contributed by atoms with Crippen molar-refractivity contribution in [2.45, 2.75) is 39.0 Å². The minimum Gasteiger partial charge on any atom is -0.355 e. The first-order valence-corrected chi connectivity index (χ1v) is 8.37. The van der Waals surface area contributed by atoms with E-state index in [1.54, 1.807) is 12.4 Å². The standard InChI is InChI=1S/C18H20F2N4/c1-18(8-15(19)20)10-24(11-18)17-13-5-2-6-14(13)22-16(23-17)12-4-3-7-21-9-12/h3-4,7,9,15H,2,5-6,8,10-11H2,1H3. The van der Waals surface area contributed by atoms with Gasteiger partial charge in [0.25, 0.3) is 0 Å². The molecule has 1 fully saturated rings. The van der Waals surface area contributed by atoms with Crippen molar-refractivity contribution in [3.05, 3.63) is 35.8 Å². The lowest BCUT2D eigenvalue weighted by Crippen LogP contribution is -2.56. The Morgan fingerprint density at radius 3 is 2.79 bits per heavy atom. The van der Waals surface area contributed by atoms with Crippen molar-refractivity contribution < 1.29 is 8.78 Å². The van der Waals surface area contributed by atoms with E-state index in [4.69, 9.17) is 9.97 Å². The third-order valence-electron chi connectivity index (χ3n) is 4.92. The molecule has 24 heavy (non-hydrogen) atoms. The lowest BCUT2D eigenvalue weighted by molar-refractivity contribution is 0.0642. The molecule has 1 saturated heterocycles. The number of alkyl halides is 2. The molecule has 3 heterocycles. The first-order chi connectivity index (χ1) is 11.5. The van der Waals surface area contributed by atoms with Crippen LogP contribution in [0.1, 0.15) is 31.0 Å². The van der Waals surface area contributed by atoms with Crippen LogP contribution in [0.2, 0.25) is 0 Å². The average molecular weight is 330 g/mol. The molecule has 2 aromatic rings. The number of pyridine rings is 1. The largest absolute Gasteiger partial charge is 0.355 e. The fourth-order valence-corrected chi connectivity index (χ4v) is 3.82. The van der Waals surface area contributed by atoms with Crippen molar-refractivity contribution in [1.29, 1.82) is 0 Å². The summed E-state index contributed by atoms with van der Waals surface area (Å²) in [5.74, 6) is 1.62. The van der Waals surface area contributed by atoms with Crippen molar-refractivity contribution in [3.8, 4) is 11.4 Å². The van der Waals surface area contributed by atoms with Crippen LogP contribution in [0.15, 0.2) is 24.5 Å². The van der Waals surface area contributed by atoms with Gasteiger partial charge in [-0.15, -0.1) is 0 Å². The maximum Gasteiger partial charge on any atom is 0.239 e. The van der Waals surface area contributed by atoms with E-state index < -0.39 is 6.43 Å². The summed E-state index contributed by atoms with van der Waals surface area (Å²) < 4.78 is 25.5. The molecule has 0 atom stereocenters. The highest BCUT2D eigenvalue weighted by Gasteiger charge is 2.42. The molecule has 4 nitrogen and oxygen atoms in total. The van der Waals surface area contributed by atoms with Gasteiger partial charge in [-0.3, -0.25) is 4.98 Å². The summed E-state index contributed by atoms with van der Waals surface area (Å²) in [5.41, 5.74) is 2.87. The number of halogens is 2. The SMILES string of the molecule is CC1(CC(F)F)CN(c2nc(-c3cccnc3)nc3c2CCC3)C1. The molecule has 0 aromatic carbocycles. The molecule has 2 aromatic heterocycles. The Labute approximate surface area is 140 Å². The number of rotatable bonds is 4. The molecule has 4 rings (SSSR count). The minimum absolute atomic E-state index is 0.0494. The summed E-state index contributed by atoms with van der Waals surface area (Å²) in [6.45, 7) is 3.19. The van der Waals surface area contributed by atoms with E-state index >= 15 is 0 Å². The van der Waals surface area contributed by atoms with E-state index in [0.29, 0.717) is 18.9 Å². The Balaban J connectivity index is 1.65. The van der Waals surface area contributed by atoms with Crippen molar-refractivity contribution in [1.82, 2.24) is 15.0 Å². The molecule has 1 aliphatic heterocycles. The summed E-state index contributed by atoms with van der Waals surface area (Å²) in [4.78, 5) is 15.8. The van der Waals surface area contributed by atoms with Crippen molar-refractivity contribution in [3.63, 3.8) is 0 Å². The molecule has 0 radical (unpaired) electrons. The highest BCUT2D eigenvalue weighted by molar-refractivity contribution is 5.61. The molecular formula is C18H20F2N4. The molecule has 0 N–H and O–H groups in total. The lowest BCUT2D eigenvalue weighted by Gasteiger charge is -2.49. The molecule has 0 bridgehead atoms. The Bertz CT molecular complexity index is 742. The van der Waals surface area contributed by atoms with Gasteiger partial charge >= 0.3 is 0 Å². The van der Waals surface area contributed by atoms with Gasteiger partial charge in [-0.25, -0.2) is 18.7 Å². The van der Waals surface area contributed by atoms with Crippen LogP contribution in [0.25, 0.3) is 11.4 Å². The van der Waals surface area contributed by atoms with Crippen molar-refractivity contribution in [2.75, 3.05) is 18.0 Å². The Morgan fingerprint density at radius 2 is 2.08 bits per heavy atom. The second-order valence-corrected chi connectivity index (χ2v) is 7.15. The zero-order valence-electron chi connectivity index (χ0n) is 13.7. The topological polar surface area (TPSA) is 41.9 Å². The maximum atomic E-state index is 12.7. The summed E-state index contributed by atoms with van der Waals surface area (Å²) in [7, 11) is 0. The average Bonchev–Trinajstić information content (AvgIpc) is 3.00. The molecule has 0 amide bonds. The Morgan fingerprint density at radius 1 is 1.25 bits per heavy atom. The fourth-order valence-electron chi connectivity index (χ4n) is 3.82. The molecule has 0 saturated carbocycles. The molecule has 1 aliphatic carbocycles. The first-order valence-electron chi connectivity index (χ1n) is 8.37. The molecule has 2 aliphatic rings. The van der Waals surface area contributed by atoms with Gasteiger partial charge in [-0.2, -0.15) is 0 Å². The summed E-state index contributed by atoms with van der Waals surface area (Å²) in [6.07, 6.45) is 4.20. The third kappa shape index (κ3) is 2.74. The highest BCUT2D eigenvalue weighted by Crippen LogP contribution is 2.41. The highest BCUT2D eigenvalue weighted by atomic mass is 19.3.